The van der Waals surface area contributed by atoms with Crippen molar-refractivity contribution in [3.63, 3.8) is 0 Å². The van der Waals surface area contributed by atoms with Crippen LogP contribution in [0, 0.1) is 0 Å². The van der Waals surface area contributed by atoms with Crippen molar-refractivity contribution in [2.24, 2.45) is 5.73 Å². The van der Waals surface area contributed by atoms with E-state index in [9.17, 15) is 35.9 Å². The summed E-state index contributed by atoms with van der Waals surface area (Å²) in [6.07, 6.45) is -4.92. The molecule has 2 aromatic heterocycles. The molecule has 0 aliphatic carbocycles. The Morgan fingerprint density at radius 2 is 1.52 bits per heavy atom. The van der Waals surface area contributed by atoms with Gasteiger partial charge in [0.1, 0.15) is 12.7 Å². The molecule has 0 spiro atoms. The van der Waals surface area contributed by atoms with E-state index in [-0.39, 0.29) is 17.2 Å². The Morgan fingerprint density at radius 3 is 2.00 bits per heavy atom. The van der Waals surface area contributed by atoms with Gasteiger partial charge in [-0.2, -0.15) is 36.1 Å². The van der Waals surface area contributed by atoms with Crippen molar-refractivity contribution in [3.05, 3.63) is 70.4 Å². The molecule has 0 fully saturated rings. The second-order valence-electron chi connectivity index (χ2n) is 6.03. The van der Waals surface area contributed by atoms with Crippen molar-refractivity contribution in [1.29, 1.82) is 0 Å². The number of nitrogens with two attached hydrogens (primary N) is 1. The van der Waals surface area contributed by atoms with Gasteiger partial charge in [0.05, 0.1) is 22.4 Å². The number of halogens is 6. The number of rotatable bonds is 4. The molecule has 0 saturated heterocycles. The number of amides is 1. The van der Waals surface area contributed by atoms with E-state index < -0.39 is 40.8 Å². The third kappa shape index (κ3) is 4.62. The molecular weight excluding hydrogens is 434 g/mol. The van der Waals surface area contributed by atoms with Gasteiger partial charge in [0.2, 0.25) is 0 Å². The fourth-order valence-electron chi connectivity index (χ4n) is 2.50. The maximum atomic E-state index is 13.1. The quantitative estimate of drug-likeness (QED) is 0.491. The van der Waals surface area contributed by atoms with E-state index in [1.807, 2.05) is 0 Å². The largest absolute Gasteiger partial charge is 0.416 e. The molecule has 2 N–H and O–H groups in total. The van der Waals surface area contributed by atoms with Crippen LogP contribution in [-0.2, 0) is 17.1 Å². The summed E-state index contributed by atoms with van der Waals surface area (Å²) in [6.45, 7) is 0. The lowest BCUT2D eigenvalue weighted by molar-refractivity contribution is -0.143. The van der Waals surface area contributed by atoms with Crippen molar-refractivity contribution < 1.29 is 31.1 Å². The molecule has 8 nitrogen and oxygen atoms in total. The Morgan fingerprint density at radius 1 is 0.968 bits per heavy atom. The minimum atomic E-state index is -5.10. The molecule has 0 atom stereocenters. The first-order valence-electron chi connectivity index (χ1n) is 8.11. The Bertz CT molecular complexity index is 1180. The number of primary amides is 1. The fourth-order valence-corrected chi connectivity index (χ4v) is 2.50. The van der Waals surface area contributed by atoms with Crippen LogP contribution < -0.4 is 11.4 Å². The van der Waals surface area contributed by atoms with Gasteiger partial charge in [-0.05, 0) is 18.2 Å². The third-order valence-electron chi connectivity index (χ3n) is 3.92. The van der Waals surface area contributed by atoms with Crippen LogP contribution in [0.15, 0.2) is 48.0 Å². The highest BCUT2D eigenvalue weighted by Crippen LogP contribution is 2.36. The van der Waals surface area contributed by atoms with Crippen LogP contribution in [0.25, 0.3) is 17.5 Å². The van der Waals surface area contributed by atoms with Gasteiger partial charge >= 0.3 is 18.0 Å². The van der Waals surface area contributed by atoms with E-state index in [4.69, 9.17) is 5.73 Å². The summed E-state index contributed by atoms with van der Waals surface area (Å²) in [4.78, 5) is 31.6. The second kappa shape index (κ2) is 7.70. The summed E-state index contributed by atoms with van der Waals surface area (Å²) in [7, 11) is 0. The van der Waals surface area contributed by atoms with Crippen LogP contribution in [0.5, 0.6) is 0 Å². The minimum absolute atomic E-state index is 0.0774. The third-order valence-corrected chi connectivity index (χ3v) is 3.92. The van der Waals surface area contributed by atoms with Crippen LogP contribution >= 0.6 is 0 Å². The molecule has 1 aromatic carbocycles. The van der Waals surface area contributed by atoms with Gasteiger partial charge in [0.25, 0.3) is 5.91 Å². The zero-order valence-electron chi connectivity index (χ0n) is 15.0. The van der Waals surface area contributed by atoms with Crippen molar-refractivity contribution in [2.45, 2.75) is 12.4 Å². The van der Waals surface area contributed by atoms with Crippen molar-refractivity contribution >= 4 is 17.7 Å². The van der Waals surface area contributed by atoms with Crippen LogP contribution in [0.4, 0.5) is 26.3 Å². The van der Waals surface area contributed by atoms with Gasteiger partial charge in [-0.3, -0.25) is 9.36 Å². The van der Waals surface area contributed by atoms with E-state index in [2.05, 4.69) is 15.1 Å². The number of hydrogen-bond donors (Lipinski definition) is 1. The van der Waals surface area contributed by atoms with Crippen molar-refractivity contribution in [1.82, 2.24) is 24.3 Å². The standard InChI is InChI=1S/C17H10F6N6O2/c18-16(19,20)10-1-11(17(21,22)23)3-12(2-10)29-15(31)28(8-27-29)6-13(14(24)30)9-4-25-7-26-5-9/h1-8H,(H2,24,30)/b13-6+. The zero-order valence-corrected chi connectivity index (χ0v) is 15.0. The summed E-state index contributed by atoms with van der Waals surface area (Å²) in [5.74, 6) is -0.993. The Kier molecular flexibility index (Phi) is 5.40. The average Bonchev–Trinajstić information content (AvgIpc) is 3.05. The van der Waals surface area contributed by atoms with Crippen molar-refractivity contribution in [2.75, 3.05) is 0 Å². The van der Waals surface area contributed by atoms with Crippen molar-refractivity contribution in [3.8, 4) is 5.69 Å². The summed E-state index contributed by atoms with van der Waals surface area (Å²) in [5.41, 5.74) is -0.0237. The molecular formula is C17H10F6N6O2. The molecule has 14 heteroatoms. The van der Waals surface area contributed by atoms with Gasteiger partial charge in [0.15, 0.2) is 0 Å². The van der Waals surface area contributed by atoms with Gasteiger partial charge in [-0.15, -0.1) is 0 Å². The highest BCUT2D eigenvalue weighted by molar-refractivity contribution is 6.22. The number of carbonyl (C=O) groups excluding carboxylic acids is 1. The number of nitrogens with zero attached hydrogens (tertiary/aromatic N) is 5. The zero-order chi connectivity index (χ0) is 23.0. The lowest BCUT2D eigenvalue weighted by atomic mass is 10.1. The van der Waals surface area contributed by atoms with Gasteiger partial charge in [-0.1, -0.05) is 0 Å². The van der Waals surface area contributed by atoms with Gasteiger partial charge in [-0.25, -0.2) is 14.8 Å². The summed E-state index contributed by atoms with van der Waals surface area (Å²) in [5, 5.41) is 3.54. The Balaban J connectivity index is 2.15. The smallest absolute Gasteiger partial charge is 0.366 e. The number of hydrogen-bond acceptors (Lipinski definition) is 5. The predicted octanol–water partition coefficient (Wildman–Crippen LogP) is 2.34. The maximum absolute atomic E-state index is 13.1. The highest BCUT2D eigenvalue weighted by Gasteiger charge is 2.37. The minimum Gasteiger partial charge on any atom is -0.366 e. The Labute approximate surface area is 168 Å². The number of aromatic nitrogens is 5. The molecule has 162 valence electrons. The lowest BCUT2D eigenvalue weighted by Gasteiger charge is -2.13. The average molecular weight is 444 g/mol. The summed E-state index contributed by atoms with van der Waals surface area (Å²) >= 11 is 0. The molecule has 2 heterocycles. The molecule has 3 rings (SSSR count). The predicted molar refractivity (Wildman–Crippen MR) is 93.2 cm³/mol. The fraction of sp³-hybridized carbons (Fsp3) is 0.118. The molecule has 0 unspecified atom stereocenters. The lowest BCUT2D eigenvalue weighted by Crippen LogP contribution is -2.23. The van der Waals surface area contributed by atoms with E-state index in [0.29, 0.717) is 21.4 Å². The van der Waals surface area contributed by atoms with Gasteiger partial charge < -0.3 is 5.73 Å². The van der Waals surface area contributed by atoms with Crippen LogP contribution in [0.3, 0.4) is 0 Å². The molecule has 0 saturated carbocycles. The summed E-state index contributed by atoms with van der Waals surface area (Å²) in [6, 6.07) is 0.613. The molecule has 0 bridgehead atoms. The molecule has 31 heavy (non-hydrogen) atoms. The van der Waals surface area contributed by atoms with E-state index in [1.54, 1.807) is 0 Å². The number of carbonyl (C=O) groups is 1. The first-order chi connectivity index (χ1) is 14.4. The second-order valence-corrected chi connectivity index (χ2v) is 6.03. The topological polar surface area (TPSA) is 109 Å². The molecule has 3 aromatic rings. The first-order valence-corrected chi connectivity index (χ1v) is 8.11. The number of benzene rings is 1. The monoisotopic (exact) mass is 444 g/mol. The molecule has 0 aliphatic rings. The van der Waals surface area contributed by atoms with Crippen LogP contribution in [0.1, 0.15) is 16.7 Å². The highest BCUT2D eigenvalue weighted by atomic mass is 19.4. The van der Waals surface area contributed by atoms with Crippen LogP contribution in [0.2, 0.25) is 0 Å². The Hall–Kier alpha value is -3.97. The first kappa shape index (κ1) is 21.7. The number of alkyl halides is 6. The molecule has 0 radical (unpaired) electrons. The van der Waals surface area contributed by atoms with E-state index >= 15 is 0 Å². The van der Waals surface area contributed by atoms with Gasteiger partial charge in [0, 0.05) is 24.2 Å². The molecule has 1 amide bonds. The van der Waals surface area contributed by atoms with E-state index in [0.717, 1.165) is 18.9 Å². The normalized spacial score (nSPS) is 12.8. The maximum Gasteiger partial charge on any atom is 0.416 e. The SMILES string of the molecule is NC(=O)/C(=C/n1cnn(-c2cc(C(F)(F)F)cc(C(F)(F)F)c2)c1=O)c1cncnc1. The summed E-state index contributed by atoms with van der Waals surface area (Å²) < 4.78 is 79.3. The van der Waals surface area contributed by atoms with Crippen LogP contribution in [-0.4, -0.2) is 30.2 Å². The molecule has 0 aliphatic heterocycles. The van der Waals surface area contributed by atoms with E-state index in [1.165, 1.54) is 12.4 Å².